The van der Waals surface area contributed by atoms with Crippen molar-refractivity contribution in [3.63, 3.8) is 0 Å². The van der Waals surface area contributed by atoms with E-state index in [2.05, 4.69) is 19.1 Å². The number of rotatable bonds is 1. The molecule has 0 amide bonds. The summed E-state index contributed by atoms with van der Waals surface area (Å²) < 4.78 is 0. The lowest BCUT2D eigenvalue weighted by Crippen LogP contribution is -2.29. The third-order valence-corrected chi connectivity index (χ3v) is 1.84. The molecule has 2 N–H and O–H groups in total. The predicted molar refractivity (Wildman–Crippen MR) is 79.4 cm³/mol. The molecule has 1 aromatic rings. The minimum atomic E-state index is -0.217. The molecule has 0 saturated heterocycles. The molecule has 0 bridgehead atoms. The molecule has 14 heavy (non-hydrogen) atoms. The van der Waals surface area contributed by atoms with E-state index in [9.17, 15) is 0 Å². The Hall–Kier alpha value is 0.620. The van der Waals surface area contributed by atoms with Gasteiger partial charge in [0.1, 0.15) is 0 Å². The van der Waals surface area contributed by atoms with E-state index in [0.29, 0.717) is 0 Å². The Labute approximate surface area is 118 Å². The molecule has 84 valence electrons. The summed E-state index contributed by atoms with van der Waals surface area (Å²) in [4.78, 5) is 0. The molecule has 0 aliphatic carbocycles. The van der Waals surface area contributed by atoms with Gasteiger partial charge in [-0.2, -0.15) is 0 Å². The molecule has 0 heterocycles. The lowest BCUT2D eigenvalue weighted by atomic mass is 9.92. The topological polar surface area (TPSA) is 26.0 Å². The Kier molecular flexibility index (Phi) is 11.3. The fourth-order valence-corrected chi connectivity index (χ4v) is 1.30. The first-order valence-corrected chi connectivity index (χ1v) is 3.87. The molecule has 0 aliphatic heterocycles. The summed E-state index contributed by atoms with van der Waals surface area (Å²) in [6.07, 6.45) is 0. The molecule has 1 nitrogen and oxygen atoms in total. The summed E-state index contributed by atoms with van der Waals surface area (Å²) >= 11 is 0. The summed E-state index contributed by atoms with van der Waals surface area (Å²) in [7, 11) is 0. The van der Waals surface area contributed by atoms with Gasteiger partial charge in [0.05, 0.1) is 0 Å². The zero-order valence-electron chi connectivity index (χ0n) is 8.61. The van der Waals surface area contributed by atoms with Crippen LogP contribution in [0.5, 0.6) is 0 Å². The van der Waals surface area contributed by atoms with Crippen molar-refractivity contribution >= 4 is 50.9 Å². The zero-order chi connectivity index (χ0) is 8.48. The van der Waals surface area contributed by atoms with Crippen molar-refractivity contribution in [3.05, 3.63) is 35.4 Å². The van der Waals surface area contributed by atoms with Gasteiger partial charge in [-0.15, -0.1) is 50.9 Å². The fourth-order valence-electron chi connectivity index (χ4n) is 1.30. The van der Waals surface area contributed by atoms with Gasteiger partial charge in [0.2, 0.25) is 0 Å². The molecule has 0 aromatic heterocycles. The molecule has 0 atom stereocenters. The monoisotopic (exact) mass is 389 g/mol. The first kappa shape index (κ1) is 20.1. The molecule has 0 spiro atoms. The third-order valence-electron chi connectivity index (χ3n) is 1.84. The SMILES string of the molecule is Br.Br.Br.Cc1ccccc1C(C)(C)N. The minimum Gasteiger partial charge on any atom is -0.322 e. The van der Waals surface area contributed by atoms with Gasteiger partial charge in [-0.05, 0) is 31.9 Å². The average Bonchev–Trinajstić information content (AvgIpc) is 1.86. The highest BCUT2D eigenvalue weighted by molar-refractivity contribution is 8.93. The summed E-state index contributed by atoms with van der Waals surface area (Å²) in [6, 6.07) is 8.22. The molecule has 0 aliphatic rings. The fraction of sp³-hybridized carbons (Fsp3) is 0.400. The van der Waals surface area contributed by atoms with Crippen LogP contribution in [0, 0.1) is 6.92 Å². The van der Waals surface area contributed by atoms with E-state index in [1.54, 1.807) is 0 Å². The van der Waals surface area contributed by atoms with E-state index in [0.717, 1.165) is 0 Å². The highest BCUT2D eigenvalue weighted by Crippen LogP contribution is 2.19. The predicted octanol–water partition coefficient (Wildman–Crippen LogP) is 3.92. The second-order valence-electron chi connectivity index (χ2n) is 3.54. The van der Waals surface area contributed by atoms with E-state index < -0.39 is 0 Å². The van der Waals surface area contributed by atoms with Crippen LogP contribution in [0.3, 0.4) is 0 Å². The van der Waals surface area contributed by atoms with Crippen LogP contribution in [-0.4, -0.2) is 0 Å². The molecule has 0 saturated carbocycles. The molecule has 0 radical (unpaired) electrons. The maximum absolute atomic E-state index is 5.96. The van der Waals surface area contributed by atoms with Gasteiger partial charge < -0.3 is 5.73 Å². The lowest BCUT2D eigenvalue weighted by molar-refractivity contribution is 0.551. The number of halogens is 3. The summed E-state index contributed by atoms with van der Waals surface area (Å²) in [5.74, 6) is 0. The number of benzene rings is 1. The van der Waals surface area contributed by atoms with Gasteiger partial charge in [-0.1, -0.05) is 24.3 Å². The number of hydrogen-bond acceptors (Lipinski definition) is 1. The number of nitrogens with two attached hydrogens (primary N) is 1. The smallest absolute Gasteiger partial charge is 0.0355 e. The summed E-state index contributed by atoms with van der Waals surface area (Å²) in [5, 5.41) is 0. The Balaban J connectivity index is -0.000000403. The minimum absolute atomic E-state index is 0. The average molecular weight is 392 g/mol. The highest BCUT2D eigenvalue weighted by atomic mass is 79.9. The summed E-state index contributed by atoms with van der Waals surface area (Å²) in [6.45, 7) is 6.13. The second-order valence-corrected chi connectivity index (χ2v) is 3.54. The van der Waals surface area contributed by atoms with Crippen molar-refractivity contribution in [2.45, 2.75) is 26.3 Å². The van der Waals surface area contributed by atoms with Crippen molar-refractivity contribution in [2.75, 3.05) is 0 Å². The number of aryl methyl sites for hydroxylation is 1. The molecule has 1 rings (SSSR count). The van der Waals surface area contributed by atoms with Gasteiger partial charge in [0, 0.05) is 5.54 Å². The van der Waals surface area contributed by atoms with Crippen molar-refractivity contribution in [1.82, 2.24) is 0 Å². The lowest BCUT2D eigenvalue weighted by Gasteiger charge is -2.21. The molecule has 0 unspecified atom stereocenters. The third kappa shape index (κ3) is 5.49. The molecule has 4 heteroatoms. The van der Waals surface area contributed by atoms with E-state index in [1.165, 1.54) is 11.1 Å². The zero-order valence-corrected chi connectivity index (χ0v) is 13.8. The van der Waals surface area contributed by atoms with Gasteiger partial charge in [0.25, 0.3) is 0 Å². The molecule has 1 aromatic carbocycles. The van der Waals surface area contributed by atoms with E-state index >= 15 is 0 Å². The van der Waals surface area contributed by atoms with Crippen molar-refractivity contribution in [2.24, 2.45) is 5.73 Å². The second kappa shape index (κ2) is 7.85. The van der Waals surface area contributed by atoms with Crippen LogP contribution in [0.15, 0.2) is 24.3 Å². The van der Waals surface area contributed by atoms with Gasteiger partial charge in [-0.25, -0.2) is 0 Å². The van der Waals surface area contributed by atoms with Crippen LogP contribution in [0.2, 0.25) is 0 Å². The van der Waals surface area contributed by atoms with Crippen molar-refractivity contribution in [3.8, 4) is 0 Å². The maximum atomic E-state index is 5.96. The first-order valence-electron chi connectivity index (χ1n) is 3.87. The Morgan fingerprint density at radius 3 is 1.71 bits per heavy atom. The first-order chi connectivity index (χ1) is 5.02. The molecular formula is C10H18Br3N. The molecular weight excluding hydrogens is 374 g/mol. The summed E-state index contributed by atoms with van der Waals surface area (Å²) in [5.41, 5.74) is 8.23. The Morgan fingerprint density at radius 1 is 1.00 bits per heavy atom. The van der Waals surface area contributed by atoms with Crippen LogP contribution in [0.25, 0.3) is 0 Å². The van der Waals surface area contributed by atoms with E-state index in [4.69, 9.17) is 5.73 Å². The van der Waals surface area contributed by atoms with E-state index in [1.807, 2.05) is 26.0 Å². The van der Waals surface area contributed by atoms with E-state index in [-0.39, 0.29) is 56.5 Å². The Bertz CT molecular complexity index is 256. The quantitative estimate of drug-likeness (QED) is 0.771. The van der Waals surface area contributed by atoms with Crippen LogP contribution in [0.4, 0.5) is 0 Å². The van der Waals surface area contributed by atoms with Gasteiger partial charge in [0.15, 0.2) is 0 Å². The number of hydrogen-bond donors (Lipinski definition) is 1. The van der Waals surface area contributed by atoms with Crippen LogP contribution < -0.4 is 5.73 Å². The van der Waals surface area contributed by atoms with Crippen molar-refractivity contribution < 1.29 is 0 Å². The van der Waals surface area contributed by atoms with Crippen LogP contribution in [0.1, 0.15) is 25.0 Å². The van der Waals surface area contributed by atoms with Gasteiger partial charge >= 0.3 is 0 Å². The highest BCUT2D eigenvalue weighted by Gasteiger charge is 2.14. The van der Waals surface area contributed by atoms with Crippen LogP contribution >= 0.6 is 50.9 Å². The van der Waals surface area contributed by atoms with Gasteiger partial charge in [-0.3, -0.25) is 0 Å². The molecule has 0 fully saturated rings. The normalized spacial score (nSPS) is 9.14. The Morgan fingerprint density at radius 2 is 1.43 bits per heavy atom. The largest absolute Gasteiger partial charge is 0.322 e. The van der Waals surface area contributed by atoms with Crippen LogP contribution in [-0.2, 0) is 5.54 Å². The standard InChI is InChI=1S/C10H15N.3BrH/c1-8-6-4-5-7-9(8)10(2,3)11;;;/h4-7H,11H2,1-3H3;3*1H. The van der Waals surface area contributed by atoms with Crippen molar-refractivity contribution in [1.29, 1.82) is 0 Å². The maximum Gasteiger partial charge on any atom is 0.0355 e.